The van der Waals surface area contributed by atoms with E-state index in [0.29, 0.717) is 22.7 Å². The van der Waals surface area contributed by atoms with Crippen LogP contribution in [0.1, 0.15) is 32.3 Å². The smallest absolute Gasteiger partial charge is 0.222 e. The topological polar surface area (TPSA) is 86.0 Å². The number of hydrogen-bond acceptors (Lipinski definition) is 6. The summed E-state index contributed by atoms with van der Waals surface area (Å²) in [4.78, 5) is 12.4. The van der Waals surface area contributed by atoms with Crippen molar-refractivity contribution in [1.82, 2.24) is 15.0 Å². The molecule has 0 aromatic carbocycles. The van der Waals surface area contributed by atoms with Gasteiger partial charge in [0.25, 0.3) is 0 Å². The van der Waals surface area contributed by atoms with Crippen LogP contribution >= 0.6 is 15.9 Å². The maximum atomic E-state index is 5.98. The first-order valence-electron chi connectivity index (χ1n) is 6.71. The van der Waals surface area contributed by atoms with Gasteiger partial charge in [-0.15, -0.1) is 0 Å². The van der Waals surface area contributed by atoms with Crippen molar-refractivity contribution in [1.29, 1.82) is 0 Å². The molecule has 112 valence electrons. The Morgan fingerprint density at radius 1 is 1.29 bits per heavy atom. The minimum Gasteiger partial charge on any atom is -0.451 e. The molecule has 2 aromatic rings. The third-order valence-corrected chi connectivity index (χ3v) is 3.26. The summed E-state index contributed by atoms with van der Waals surface area (Å²) in [7, 11) is 0. The zero-order valence-electron chi connectivity index (χ0n) is 12.2. The molecule has 21 heavy (non-hydrogen) atoms. The first-order chi connectivity index (χ1) is 10.0. The number of anilines is 2. The van der Waals surface area contributed by atoms with Crippen LogP contribution in [0.15, 0.2) is 23.1 Å². The van der Waals surface area contributed by atoms with Crippen LogP contribution in [-0.4, -0.2) is 21.5 Å². The second-order valence-corrected chi connectivity index (χ2v) is 5.59. The lowest BCUT2D eigenvalue weighted by atomic mass is 10.1. The van der Waals surface area contributed by atoms with Gasteiger partial charge in [0.15, 0.2) is 11.6 Å². The normalized spacial score (nSPS) is 10.7. The quantitative estimate of drug-likeness (QED) is 0.800. The molecule has 0 amide bonds. The van der Waals surface area contributed by atoms with Gasteiger partial charge in [-0.2, -0.15) is 4.98 Å². The highest BCUT2D eigenvalue weighted by atomic mass is 79.9. The second kappa shape index (κ2) is 6.71. The molecule has 0 saturated heterocycles. The lowest BCUT2D eigenvalue weighted by molar-refractivity contribution is 0.469. The number of ether oxygens (including phenoxy) is 1. The van der Waals surface area contributed by atoms with Gasteiger partial charge in [-0.25, -0.2) is 9.97 Å². The minimum absolute atomic E-state index is 0.207. The molecule has 2 rings (SSSR count). The Labute approximate surface area is 132 Å². The molecule has 0 bridgehead atoms. The van der Waals surface area contributed by atoms with Gasteiger partial charge in [0.05, 0.1) is 6.20 Å². The molecule has 7 heteroatoms. The summed E-state index contributed by atoms with van der Waals surface area (Å²) in [6.45, 7) is 6.86. The fourth-order valence-electron chi connectivity index (χ4n) is 1.82. The molecule has 0 atom stereocenters. The van der Waals surface area contributed by atoms with Gasteiger partial charge in [0.2, 0.25) is 5.95 Å². The van der Waals surface area contributed by atoms with Gasteiger partial charge >= 0.3 is 0 Å². The molecule has 0 spiro atoms. The van der Waals surface area contributed by atoms with E-state index in [1.807, 2.05) is 13.0 Å². The van der Waals surface area contributed by atoms with Crippen LogP contribution in [0.25, 0.3) is 0 Å². The zero-order chi connectivity index (χ0) is 15.4. The minimum atomic E-state index is 0.207. The number of aromatic nitrogens is 3. The summed E-state index contributed by atoms with van der Waals surface area (Å²) < 4.78 is 6.69. The molecular formula is C14H18BrN5O. The van der Waals surface area contributed by atoms with Crippen molar-refractivity contribution in [3.8, 4) is 11.5 Å². The predicted octanol–water partition coefficient (Wildman–Crippen LogP) is 3.56. The number of nitrogens with one attached hydrogen (secondary N) is 1. The summed E-state index contributed by atoms with van der Waals surface area (Å²) in [6, 6.07) is 1.83. The largest absolute Gasteiger partial charge is 0.451 e. The molecule has 2 aromatic heterocycles. The molecule has 0 aliphatic heterocycles. The van der Waals surface area contributed by atoms with E-state index in [4.69, 9.17) is 10.5 Å². The highest BCUT2D eigenvalue weighted by Gasteiger charge is 2.14. The maximum absolute atomic E-state index is 5.98. The molecule has 0 fully saturated rings. The van der Waals surface area contributed by atoms with Crippen molar-refractivity contribution < 1.29 is 4.74 Å². The summed E-state index contributed by atoms with van der Waals surface area (Å²) >= 11 is 3.36. The fourth-order valence-corrected chi connectivity index (χ4v) is 2.13. The highest BCUT2D eigenvalue weighted by molar-refractivity contribution is 9.10. The molecule has 2 heterocycles. The molecular weight excluding hydrogens is 334 g/mol. The van der Waals surface area contributed by atoms with Gasteiger partial charge in [-0.1, -0.05) is 13.8 Å². The number of nitrogen functional groups attached to an aromatic ring is 1. The van der Waals surface area contributed by atoms with Crippen molar-refractivity contribution in [2.24, 2.45) is 0 Å². The fraction of sp³-hybridized carbons (Fsp3) is 0.357. The number of nitrogens with zero attached hydrogens (tertiary/aromatic N) is 3. The predicted molar refractivity (Wildman–Crippen MR) is 86.7 cm³/mol. The van der Waals surface area contributed by atoms with Gasteiger partial charge in [0, 0.05) is 24.4 Å². The number of rotatable bonds is 5. The van der Waals surface area contributed by atoms with E-state index in [1.54, 1.807) is 12.4 Å². The van der Waals surface area contributed by atoms with E-state index in [0.717, 1.165) is 11.3 Å². The number of pyridine rings is 1. The molecule has 0 radical (unpaired) electrons. The third kappa shape index (κ3) is 3.81. The monoisotopic (exact) mass is 351 g/mol. The third-order valence-electron chi connectivity index (χ3n) is 2.82. The summed E-state index contributed by atoms with van der Waals surface area (Å²) in [5.74, 6) is 2.33. The lowest BCUT2D eigenvalue weighted by Crippen LogP contribution is -2.06. The summed E-state index contributed by atoms with van der Waals surface area (Å²) in [6.07, 6.45) is 3.37. The Balaban J connectivity index is 2.40. The molecule has 6 nitrogen and oxygen atoms in total. The van der Waals surface area contributed by atoms with E-state index in [2.05, 4.69) is 50.0 Å². The van der Waals surface area contributed by atoms with Crippen molar-refractivity contribution >= 4 is 27.7 Å². The van der Waals surface area contributed by atoms with Gasteiger partial charge in [-0.05, 0) is 28.8 Å². The van der Waals surface area contributed by atoms with E-state index in [9.17, 15) is 0 Å². The van der Waals surface area contributed by atoms with Gasteiger partial charge < -0.3 is 15.8 Å². The van der Waals surface area contributed by atoms with Crippen LogP contribution in [0, 0.1) is 0 Å². The van der Waals surface area contributed by atoms with Crippen molar-refractivity contribution in [3.05, 3.63) is 28.6 Å². The van der Waals surface area contributed by atoms with E-state index in [1.165, 1.54) is 0 Å². The van der Waals surface area contributed by atoms with Crippen LogP contribution in [0.3, 0.4) is 0 Å². The number of nitrogens with two attached hydrogens (primary N) is 1. The molecule has 0 unspecified atom stereocenters. The first kappa shape index (κ1) is 15.5. The van der Waals surface area contributed by atoms with Gasteiger partial charge in [-0.3, -0.25) is 0 Å². The van der Waals surface area contributed by atoms with E-state index >= 15 is 0 Å². The summed E-state index contributed by atoms with van der Waals surface area (Å²) in [5.41, 5.74) is 6.63. The van der Waals surface area contributed by atoms with Gasteiger partial charge in [0.1, 0.15) is 10.4 Å². The Morgan fingerprint density at radius 3 is 2.71 bits per heavy atom. The highest BCUT2D eigenvalue weighted by Crippen LogP contribution is 2.34. The Morgan fingerprint density at radius 2 is 2.05 bits per heavy atom. The second-order valence-electron chi connectivity index (χ2n) is 4.77. The van der Waals surface area contributed by atoms with Crippen LogP contribution < -0.4 is 15.8 Å². The standard InChI is InChI=1S/C14H18BrN5O/c1-4-17-13-11(7-19-14(16)20-13)21-10-5-12(15)18-6-9(10)8(2)3/h5-8H,4H2,1-3H3,(H3,16,17,19,20). The molecule has 0 aliphatic rings. The molecule has 0 aliphatic carbocycles. The van der Waals surface area contributed by atoms with Crippen molar-refractivity contribution in [2.75, 3.05) is 17.6 Å². The summed E-state index contributed by atoms with van der Waals surface area (Å²) in [5, 5.41) is 3.12. The SMILES string of the molecule is CCNc1nc(N)ncc1Oc1cc(Br)ncc1C(C)C. The van der Waals surface area contributed by atoms with Crippen LogP contribution in [0.2, 0.25) is 0 Å². The Bertz CT molecular complexity index is 633. The number of halogens is 1. The first-order valence-corrected chi connectivity index (χ1v) is 7.50. The van der Waals surface area contributed by atoms with Crippen molar-refractivity contribution in [3.63, 3.8) is 0 Å². The van der Waals surface area contributed by atoms with Crippen LogP contribution in [0.4, 0.5) is 11.8 Å². The molecule has 3 N–H and O–H groups in total. The number of hydrogen-bond donors (Lipinski definition) is 2. The van der Waals surface area contributed by atoms with Crippen LogP contribution in [-0.2, 0) is 0 Å². The average molecular weight is 352 g/mol. The van der Waals surface area contributed by atoms with Crippen LogP contribution in [0.5, 0.6) is 11.5 Å². The van der Waals surface area contributed by atoms with E-state index in [-0.39, 0.29) is 11.9 Å². The lowest BCUT2D eigenvalue weighted by Gasteiger charge is -2.15. The zero-order valence-corrected chi connectivity index (χ0v) is 13.8. The Hall–Kier alpha value is -1.89. The van der Waals surface area contributed by atoms with E-state index < -0.39 is 0 Å². The average Bonchev–Trinajstić information content (AvgIpc) is 2.42. The Kier molecular flexibility index (Phi) is 4.95. The molecule has 0 saturated carbocycles. The van der Waals surface area contributed by atoms with Crippen molar-refractivity contribution in [2.45, 2.75) is 26.7 Å². The maximum Gasteiger partial charge on any atom is 0.222 e.